The number of hydrogen-bond donors (Lipinski definition) is 3. The topological polar surface area (TPSA) is 85.9 Å². The molecule has 2 aromatic carbocycles. The summed E-state index contributed by atoms with van der Waals surface area (Å²) >= 11 is 0. The molecule has 4 rings (SSSR count). The van der Waals surface area contributed by atoms with Crippen LogP contribution in [0.25, 0.3) is 16.8 Å². The highest BCUT2D eigenvalue weighted by Gasteiger charge is 2.24. The molecule has 1 aliphatic rings. The molecule has 0 spiro atoms. The Morgan fingerprint density at radius 3 is 2.65 bits per heavy atom. The quantitative estimate of drug-likeness (QED) is 0.426. The van der Waals surface area contributed by atoms with Crippen LogP contribution in [0.15, 0.2) is 54.7 Å². The van der Waals surface area contributed by atoms with Gasteiger partial charge >= 0.3 is 0 Å². The highest BCUT2D eigenvalue weighted by molar-refractivity contribution is 6.07. The Bertz CT molecular complexity index is 1140. The van der Waals surface area contributed by atoms with Crippen LogP contribution in [0.4, 0.5) is 5.82 Å². The lowest BCUT2D eigenvalue weighted by molar-refractivity contribution is 0.0824. The minimum Gasteiger partial charge on any atom is -0.381 e. The fraction of sp³-hybridized carbons (Fsp3) is 0.280. The van der Waals surface area contributed by atoms with Crippen molar-refractivity contribution in [2.45, 2.75) is 25.8 Å². The van der Waals surface area contributed by atoms with Gasteiger partial charge in [-0.05, 0) is 55.2 Å². The molecule has 6 heteroatoms. The number of rotatable bonds is 5. The molecule has 0 atom stereocenters. The number of aryl methyl sites for hydroxylation is 1. The largest absolute Gasteiger partial charge is 0.381 e. The van der Waals surface area contributed by atoms with Crippen molar-refractivity contribution < 1.29 is 4.74 Å². The van der Waals surface area contributed by atoms with Crippen LogP contribution in [0.1, 0.15) is 29.5 Å². The Morgan fingerprint density at radius 2 is 1.94 bits per heavy atom. The maximum atomic E-state index is 9.38. The van der Waals surface area contributed by atoms with E-state index in [0.29, 0.717) is 24.6 Å². The first-order valence-electron chi connectivity index (χ1n) is 10.5. The van der Waals surface area contributed by atoms with E-state index in [-0.39, 0.29) is 6.04 Å². The molecule has 0 bridgehead atoms. The van der Waals surface area contributed by atoms with Crippen LogP contribution in [0, 0.1) is 23.7 Å². The Morgan fingerprint density at radius 1 is 1.16 bits per heavy atom. The van der Waals surface area contributed by atoms with Crippen molar-refractivity contribution in [2.75, 3.05) is 25.6 Å². The number of benzene rings is 2. The molecule has 1 aliphatic heterocycles. The van der Waals surface area contributed by atoms with Gasteiger partial charge in [-0.15, -0.1) is 0 Å². The standard InChI is InChI=1S/C25H27N5O/c1-17-5-3-8-21(13-17)30-16-22(19-7-4-6-18(14-19)15-26)23(25(30)28-2)24(27)29-20-9-11-31-12-10-20/h3-8,13-14,16,20,28H,9-12H2,1-2H3,(H2,27,29). The van der Waals surface area contributed by atoms with E-state index in [2.05, 4.69) is 46.4 Å². The van der Waals surface area contributed by atoms with Gasteiger partial charge < -0.3 is 19.9 Å². The molecule has 0 amide bonds. The molecule has 0 radical (unpaired) electrons. The number of aromatic nitrogens is 1. The summed E-state index contributed by atoms with van der Waals surface area (Å²) in [6.45, 7) is 3.50. The van der Waals surface area contributed by atoms with Crippen LogP contribution in [0.5, 0.6) is 0 Å². The molecule has 1 aromatic heterocycles. The maximum Gasteiger partial charge on any atom is 0.130 e. The monoisotopic (exact) mass is 413 g/mol. The lowest BCUT2D eigenvalue weighted by Crippen LogP contribution is -2.39. The van der Waals surface area contributed by atoms with Crippen molar-refractivity contribution in [1.82, 2.24) is 9.88 Å². The van der Waals surface area contributed by atoms with Crippen LogP contribution in [0.3, 0.4) is 0 Å². The molecule has 3 N–H and O–H groups in total. The van der Waals surface area contributed by atoms with Crippen LogP contribution in [0.2, 0.25) is 0 Å². The molecule has 0 aliphatic carbocycles. The predicted molar refractivity (Wildman–Crippen MR) is 124 cm³/mol. The number of nitriles is 1. The van der Waals surface area contributed by atoms with Gasteiger partial charge in [0.15, 0.2) is 0 Å². The van der Waals surface area contributed by atoms with Crippen LogP contribution < -0.4 is 10.6 Å². The van der Waals surface area contributed by atoms with E-state index in [1.165, 1.54) is 5.56 Å². The first kappa shape index (κ1) is 20.7. The van der Waals surface area contributed by atoms with E-state index in [4.69, 9.17) is 10.1 Å². The van der Waals surface area contributed by atoms with Crippen molar-refractivity contribution in [3.63, 3.8) is 0 Å². The molecule has 0 unspecified atom stereocenters. The smallest absolute Gasteiger partial charge is 0.130 e. The average Bonchev–Trinajstić information content (AvgIpc) is 3.20. The number of hydrogen-bond acceptors (Lipinski definition) is 4. The zero-order chi connectivity index (χ0) is 21.8. The summed E-state index contributed by atoms with van der Waals surface area (Å²) in [4.78, 5) is 0. The zero-order valence-electron chi connectivity index (χ0n) is 17.9. The van der Waals surface area contributed by atoms with Crippen molar-refractivity contribution in [3.05, 3.63) is 71.4 Å². The first-order valence-corrected chi connectivity index (χ1v) is 10.5. The molecular formula is C25H27N5O. The number of nitrogens with zero attached hydrogens (tertiary/aromatic N) is 2. The minimum absolute atomic E-state index is 0.214. The van der Waals surface area contributed by atoms with Gasteiger partial charge in [-0.2, -0.15) is 5.26 Å². The van der Waals surface area contributed by atoms with Crippen LogP contribution in [-0.4, -0.2) is 36.7 Å². The summed E-state index contributed by atoms with van der Waals surface area (Å²) in [6, 6.07) is 18.3. The van der Waals surface area contributed by atoms with Crippen molar-refractivity contribution in [2.24, 2.45) is 0 Å². The van der Waals surface area contributed by atoms with Crippen molar-refractivity contribution >= 4 is 11.7 Å². The zero-order valence-corrected chi connectivity index (χ0v) is 17.9. The maximum absolute atomic E-state index is 9.38. The van der Waals surface area contributed by atoms with Crippen molar-refractivity contribution in [1.29, 1.82) is 10.7 Å². The molecule has 3 aromatic rings. The summed E-state index contributed by atoms with van der Waals surface area (Å²) in [5.41, 5.74) is 5.40. The average molecular weight is 414 g/mol. The molecule has 2 heterocycles. The molecule has 31 heavy (non-hydrogen) atoms. The summed E-state index contributed by atoms with van der Waals surface area (Å²) in [5.74, 6) is 1.22. The fourth-order valence-electron chi connectivity index (χ4n) is 4.08. The van der Waals surface area contributed by atoms with Gasteiger partial charge in [-0.25, -0.2) is 0 Å². The Balaban J connectivity index is 1.85. The van der Waals surface area contributed by atoms with E-state index in [1.807, 2.05) is 37.5 Å². The second-order valence-electron chi connectivity index (χ2n) is 7.82. The highest BCUT2D eigenvalue weighted by atomic mass is 16.5. The third-order valence-corrected chi connectivity index (χ3v) is 5.64. The summed E-state index contributed by atoms with van der Waals surface area (Å²) in [7, 11) is 1.88. The number of amidine groups is 1. The van der Waals surface area contributed by atoms with Crippen LogP contribution >= 0.6 is 0 Å². The second kappa shape index (κ2) is 9.07. The number of ether oxygens (including phenoxy) is 1. The van der Waals surface area contributed by atoms with Gasteiger partial charge in [-0.1, -0.05) is 24.3 Å². The third kappa shape index (κ3) is 4.32. The van der Waals surface area contributed by atoms with E-state index in [9.17, 15) is 5.26 Å². The molecule has 0 saturated carbocycles. The number of nitrogens with one attached hydrogen (secondary N) is 3. The normalized spacial score (nSPS) is 14.1. The summed E-state index contributed by atoms with van der Waals surface area (Å²) in [5, 5.41) is 25.1. The number of anilines is 1. The van der Waals surface area contributed by atoms with Gasteiger partial charge in [0.05, 0.1) is 17.2 Å². The predicted octanol–water partition coefficient (Wildman–Crippen LogP) is 4.46. The molecular weight excluding hydrogens is 386 g/mol. The SMILES string of the molecule is CNc1c(C(=N)NC2CCOCC2)c(-c2cccc(C#N)c2)cn1-c1cccc(C)c1. The van der Waals surface area contributed by atoms with Gasteiger partial charge in [0.25, 0.3) is 0 Å². The van der Waals surface area contributed by atoms with Gasteiger partial charge in [-0.3, -0.25) is 5.41 Å². The molecule has 1 saturated heterocycles. The van der Waals surface area contributed by atoms with E-state index in [0.717, 1.165) is 41.0 Å². The van der Waals surface area contributed by atoms with E-state index in [1.54, 1.807) is 6.07 Å². The first-order chi connectivity index (χ1) is 15.1. The van der Waals surface area contributed by atoms with Gasteiger partial charge in [0.2, 0.25) is 0 Å². The minimum atomic E-state index is 0.214. The lowest BCUT2D eigenvalue weighted by Gasteiger charge is -2.25. The fourth-order valence-corrected chi connectivity index (χ4v) is 4.08. The van der Waals surface area contributed by atoms with Gasteiger partial charge in [0, 0.05) is 43.8 Å². The summed E-state index contributed by atoms with van der Waals surface area (Å²) < 4.78 is 7.55. The molecule has 6 nitrogen and oxygen atoms in total. The molecule has 158 valence electrons. The van der Waals surface area contributed by atoms with Crippen LogP contribution in [-0.2, 0) is 4.74 Å². The molecule has 1 fully saturated rings. The Labute approximate surface area is 183 Å². The van der Waals surface area contributed by atoms with Gasteiger partial charge in [0.1, 0.15) is 11.7 Å². The van der Waals surface area contributed by atoms with Crippen molar-refractivity contribution in [3.8, 4) is 22.9 Å². The second-order valence-corrected chi connectivity index (χ2v) is 7.82. The summed E-state index contributed by atoms with van der Waals surface area (Å²) in [6.07, 6.45) is 3.82. The van der Waals surface area contributed by atoms with E-state index < -0.39 is 0 Å². The Hall–Kier alpha value is -3.56. The lowest BCUT2D eigenvalue weighted by atomic mass is 10.0. The third-order valence-electron chi connectivity index (χ3n) is 5.64. The van der Waals surface area contributed by atoms with E-state index >= 15 is 0 Å². The Kier molecular flexibility index (Phi) is 6.06. The highest BCUT2D eigenvalue weighted by Crippen LogP contribution is 2.34.